The second-order valence-electron chi connectivity index (χ2n) is 5.90. The summed E-state index contributed by atoms with van der Waals surface area (Å²) in [7, 11) is 0. The average Bonchev–Trinajstić information content (AvgIpc) is 2.95. The number of carboxylic acids is 1. The van der Waals surface area contributed by atoms with Crippen LogP contribution in [-0.4, -0.2) is 32.8 Å². The van der Waals surface area contributed by atoms with Crippen molar-refractivity contribution < 1.29 is 14.7 Å². The highest BCUT2D eigenvalue weighted by Crippen LogP contribution is 2.27. The van der Waals surface area contributed by atoms with Gasteiger partial charge in [0.05, 0.1) is 5.69 Å². The smallest absolute Gasteiger partial charge is 0.325 e. The second kappa shape index (κ2) is 6.76. The lowest BCUT2D eigenvalue weighted by atomic mass is 9.95. The van der Waals surface area contributed by atoms with E-state index >= 15 is 0 Å². The number of carbonyl (C=O) groups is 2. The number of hydrogen-bond donors (Lipinski definition) is 2. The first kappa shape index (κ1) is 16.7. The molecule has 7 heteroatoms. The molecule has 1 aromatic carbocycles. The molecule has 1 amide bonds. The van der Waals surface area contributed by atoms with Gasteiger partial charge in [0.1, 0.15) is 6.04 Å². The minimum atomic E-state index is -1.07. The highest BCUT2D eigenvalue weighted by molar-refractivity contribution is 9.10. The fourth-order valence-electron chi connectivity index (χ4n) is 2.90. The van der Waals surface area contributed by atoms with E-state index in [0.29, 0.717) is 5.69 Å². The molecule has 6 nitrogen and oxygen atoms in total. The van der Waals surface area contributed by atoms with Crippen LogP contribution in [0.15, 0.2) is 28.7 Å². The quantitative estimate of drug-likeness (QED) is 0.838. The molecule has 126 valence electrons. The van der Waals surface area contributed by atoms with Gasteiger partial charge in [-0.2, -0.15) is 5.10 Å². The van der Waals surface area contributed by atoms with Gasteiger partial charge in [0.15, 0.2) is 5.69 Å². The van der Waals surface area contributed by atoms with Crippen LogP contribution < -0.4 is 5.32 Å². The number of benzene rings is 1. The molecule has 1 atom stereocenters. The fourth-order valence-corrected chi connectivity index (χ4v) is 3.17. The number of amides is 1. The molecule has 1 unspecified atom stereocenters. The number of aromatic nitrogens is 2. The zero-order valence-corrected chi connectivity index (χ0v) is 14.8. The Labute approximate surface area is 148 Å². The average molecular weight is 392 g/mol. The number of halogens is 1. The molecular weight excluding hydrogens is 374 g/mol. The zero-order chi connectivity index (χ0) is 17.3. The topological polar surface area (TPSA) is 84.2 Å². The number of carbonyl (C=O) groups excluding carboxylic acids is 1. The van der Waals surface area contributed by atoms with Crippen LogP contribution in [0.1, 0.15) is 41.5 Å². The maximum atomic E-state index is 12.5. The van der Waals surface area contributed by atoms with Gasteiger partial charge >= 0.3 is 5.97 Å². The third-order valence-electron chi connectivity index (χ3n) is 4.18. The van der Waals surface area contributed by atoms with E-state index in [0.717, 1.165) is 47.1 Å². The first-order chi connectivity index (χ1) is 11.5. The Morgan fingerprint density at radius 2 is 1.92 bits per heavy atom. The van der Waals surface area contributed by atoms with E-state index in [1.807, 2.05) is 24.3 Å². The molecule has 0 fully saturated rings. The van der Waals surface area contributed by atoms with Crippen molar-refractivity contribution in [3.63, 3.8) is 0 Å². The van der Waals surface area contributed by atoms with Crippen molar-refractivity contribution in [2.24, 2.45) is 0 Å². The Hall–Kier alpha value is -2.15. The fraction of sp³-hybridized carbons (Fsp3) is 0.353. The van der Waals surface area contributed by atoms with Gasteiger partial charge < -0.3 is 10.4 Å². The Morgan fingerprint density at radius 3 is 2.58 bits per heavy atom. The van der Waals surface area contributed by atoms with Gasteiger partial charge in [-0.25, -0.2) is 4.68 Å². The van der Waals surface area contributed by atoms with Crippen molar-refractivity contribution in [3.8, 4) is 5.69 Å². The molecule has 0 bridgehead atoms. The van der Waals surface area contributed by atoms with Crippen molar-refractivity contribution in [2.75, 3.05) is 0 Å². The molecule has 2 N–H and O–H groups in total. The summed E-state index contributed by atoms with van der Waals surface area (Å²) in [5.41, 5.74) is 3.19. The molecule has 2 aromatic rings. The molecule has 0 radical (unpaired) electrons. The molecule has 1 aliphatic carbocycles. The lowest BCUT2D eigenvalue weighted by Crippen LogP contribution is -2.39. The summed E-state index contributed by atoms with van der Waals surface area (Å²) in [6, 6.07) is 6.78. The summed E-state index contributed by atoms with van der Waals surface area (Å²) >= 11 is 3.41. The van der Waals surface area contributed by atoms with Crippen LogP contribution in [0.25, 0.3) is 5.69 Å². The Balaban J connectivity index is 2.00. The number of nitrogens with zero attached hydrogens (tertiary/aromatic N) is 2. The third-order valence-corrected chi connectivity index (χ3v) is 4.71. The number of rotatable bonds is 4. The summed E-state index contributed by atoms with van der Waals surface area (Å²) in [5, 5.41) is 16.0. The highest BCUT2D eigenvalue weighted by Gasteiger charge is 2.27. The van der Waals surface area contributed by atoms with Crippen molar-refractivity contribution in [2.45, 2.75) is 38.6 Å². The summed E-state index contributed by atoms with van der Waals surface area (Å²) < 4.78 is 2.78. The monoisotopic (exact) mass is 391 g/mol. The van der Waals surface area contributed by atoms with Gasteiger partial charge in [0.25, 0.3) is 5.91 Å². The Bertz CT molecular complexity index is 783. The summed E-state index contributed by atoms with van der Waals surface area (Å²) in [4.78, 5) is 23.4. The van der Waals surface area contributed by atoms with E-state index in [4.69, 9.17) is 5.11 Å². The number of aliphatic carboxylic acids is 1. The normalized spacial score (nSPS) is 14.8. The van der Waals surface area contributed by atoms with E-state index in [2.05, 4.69) is 26.3 Å². The van der Waals surface area contributed by atoms with E-state index in [9.17, 15) is 9.59 Å². The molecule has 3 rings (SSSR count). The number of carboxylic acid groups (broad SMARTS) is 1. The van der Waals surface area contributed by atoms with Gasteiger partial charge in [-0.3, -0.25) is 9.59 Å². The highest BCUT2D eigenvalue weighted by atomic mass is 79.9. The molecule has 1 aromatic heterocycles. The van der Waals surface area contributed by atoms with Crippen LogP contribution >= 0.6 is 15.9 Å². The minimum absolute atomic E-state index is 0.334. The Kier molecular flexibility index (Phi) is 4.71. The molecule has 0 spiro atoms. The predicted octanol–water partition coefficient (Wildman–Crippen LogP) is 2.72. The van der Waals surface area contributed by atoms with Gasteiger partial charge in [0.2, 0.25) is 0 Å². The Morgan fingerprint density at radius 1 is 1.25 bits per heavy atom. The van der Waals surface area contributed by atoms with Crippen molar-refractivity contribution in [3.05, 3.63) is 45.7 Å². The van der Waals surface area contributed by atoms with Crippen molar-refractivity contribution >= 4 is 27.8 Å². The van der Waals surface area contributed by atoms with Crippen molar-refractivity contribution in [1.82, 2.24) is 15.1 Å². The number of fused-ring (bicyclic) bond motifs is 1. The molecule has 0 aliphatic heterocycles. The maximum Gasteiger partial charge on any atom is 0.325 e. The van der Waals surface area contributed by atoms with E-state index in [1.54, 1.807) is 4.68 Å². The molecule has 0 saturated heterocycles. The van der Waals surface area contributed by atoms with Crippen LogP contribution in [0.4, 0.5) is 0 Å². The van der Waals surface area contributed by atoms with Crippen LogP contribution in [0, 0.1) is 0 Å². The molecule has 24 heavy (non-hydrogen) atoms. The third kappa shape index (κ3) is 3.21. The van der Waals surface area contributed by atoms with Crippen LogP contribution in [0.3, 0.4) is 0 Å². The second-order valence-corrected chi connectivity index (χ2v) is 6.82. The first-order valence-corrected chi connectivity index (χ1v) is 8.67. The van der Waals surface area contributed by atoms with Crippen molar-refractivity contribution in [1.29, 1.82) is 0 Å². The predicted molar refractivity (Wildman–Crippen MR) is 92.5 cm³/mol. The van der Waals surface area contributed by atoms with Gasteiger partial charge in [0, 0.05) is 15.7 Å². The summed E-state index contributed by atoms with van der Waals surface area (Å²) in [6.45, 7) is 1.44. The van der Waals surface area contributed by atoms with E-state index < -0.39 is 17.9 Å². The van der Waals surface area contributed by atoms with Crippen LogP contribution in [0.5, 0.6) is 0 Å². The van der Waals surface area contributed by atoms with Gasteiger partial charge in [-0.05, 0) is 56.9 Å². The molecular formula is C17H18BrN3O3. The number of hydrogen-bond acceptors (Lipinski definition) is 3. The molecule has 0 saturated carbocycles. The largest absolute Gasteiger partial charge is 0.480 e. The van der Waals surface area contributed by atoms with E-state index in [-0.39, 0.29) is 0 Å². The molecule has 1 aliphatic rings. The van der Waals surface area contributed by atoms with Crippen LogP contribution in [0.2, 0.25) is 0 Å². The zero-order valence-electron chi connectivity index (χ0n) is 13.3. The number of nitrogens with one attached hydrogen (secondary N) is 1. The van der Waals surface area contributed by atoms with Gasteiger partial charge in [-0.15, -0.1) is 0 Å². The first-order valence-electron chi connectivity index (χ1n) is 7.87. The van der Waals surface area contributed by atoms with Gasteiger partial charge in [-0.1, -0.05) is 15.9 Å². The molecule has 1 heterocycles. The lowest BCUT2D eigenvalue weighted by molar-refractivity contribution is -0.138. The van der Waals surface area contributed by atoms with E-state index in [1.165, 1.54) is 6.92 Å². The minimum Gasteiger partial charge on any atom is -0.480 e. The summed E-state index contributed by atoms with van der Waals surface area (Å²) in [5.74, 6) is -1.50. The SMILES string of the molecule is CC(NC(=O)c1nn(-c2ccc(Br)cc2)c2c1CCCC2)C(=O)O. The summed E-state index contributed by atoms with van der Waals surface area (Å²) in [6.07, 6.45) is 3.71. The maximum absolute atomic E-state index is 12.5. The van der Waals surface area contributed by atoms with Crippen LogP contribution in [-0.2, 0) is 17.6 Å². The lowest BCUT2D eigenvalue weighted by Gasteiger charge is -2.14. The standard InChI is InChI=1S/C17H18BrN3O3/c1-10(17(23)24)19-16(22)15-13-4-2-3-5-14(13)21(20-15)12-8-6-11(18)7-9-12/h6-10H,2-5H2,1H3,(H,19,22)(H,23,24).